The van der Waals surface area contributed by atoms with Crippen LogP contribution in [0.25, 0.3) is 0 Å². The number of hydrogen-bond donors (Lipinski definition) is 1. The van der Waals surface area contributed by atoms with Gasteiger partial charge in [0.2, 0.25) is 0 Å². The second kappa shape index (κ2) is 5.59. The van der Waals surface area contributed by atoms with Gasteiger partial charge in [-0.3, -0.25) is 4.79 Å². The summed E-state index contributed by atoms with van der Waals surface area (Å²) in [5.74, 6) is -0.247. The molecule has 0 aromatic heterocycles. The Hall–Kier alpha value is -1.10. The largest absolute Gasteiger partial charge is 0.492 e. The Bertz CT molecular complexity index is 563. The molecule has 2 fully saturated rings. The van der Waals surface area contributed by atoms with Crippen molar-refractivity contribution in [1.29, 1.82) is 0 Å². The van der Waals surface area contributed by atoms with Crippen LogP contribution in [0.5, 0.6) is 5.75 Å². The van der Waals surface area contributed by atoms with Gasteiger partial charge in [-0.1, -0.05) is 12.8 Å². The summed E-state index contributed by atoms with van der Waals surface area (Å²) >= 11 is 3.33. The Morgan fingerprint density at radius 3 is 2.62 bits per heavy atom. The lowest BCUT2D eigenvalue weighted by molar-refractivity contribution is -0.143. The van der Waals surface area contributed by atoms with Crippen LogP contribution in [0.2, 0.25) is 0 Å². The number of benzene rings is 1. The van der Waals surface area contributed by atoms with Gasteiger partial charge in [-0.25, -0.2) is 4.39 Å². The van der Waals surface area contributed by atoms with Crippen LogP contribution in [0, 0.1) is 11.7 Å². The molecule has 21 heavy (non-hydrogen) atoms. The first-order valence-electron chi connectivity index (χ1n) is 7.39. The molecule has 1 N–H and O–H groups in total. The maximum absolute atomic E-state index is 13.8. The first-order chi connectivity index (χ1) is 10.0. The minimum atomic E-state index is -1.01. The van der Waals surface area contributed by atoms with E-state index in [4.69, 9.17) is 4.74 Å². The molecule has 2 aliphatic rings. The van der Waals surface area contributed by atoms with E-state index < -0.39 is 17.2 Å². The second-order valence-corrected chi connectivity index (χ2v) is 6.97. The zero-order valence-electron chi connectivity index (χ0n) is 11.7. The van der Waals surface area contributed by atoms with Crippen LogP contribution in [0.1, 0.15) is 44.1 Å². The van der Waals surface area contributed by atoms with Crippen LogP contribution < -0.4 is 4.74 Å². The van der Waals surface area contributed by atoms with Gasteiger partial charge in [0.05, 0.1) is 16.5 Å². The van der Waals surface area contributed by atoms with Gasteiger partial charge in [-0.05, 0) is 59.7 Å². The van der Waals surface area contributed by atoms with Gasteiger partial charge in [0.1, 0.15) is 11.6 Å². The molecule has 5 heteroatoms. The third-order valence-corrected chi connectivity index (χ3v) is 5.14. The molecule has 2 aliphatic carbocycles. The van der Waals surface area contributed by atoms with E-state index in [0.717, 1.165) is 25.7 Å². The minimum absolute atomic E-state index is 0.428. The highest BCUT2D eigenvalue weighted by atomic mass is 79.9. The molecule has 2 saturated carbocycles. The van der Waals surface area contributed by atoms with Crippen LogP contribution in [-0.2, 0) is 10.2 Å². The van der Waals surface area contributed by atoms with Crippen LogP contribution >= 0.6 is 15.9 Å². The zero-order chi connectivity index (χ0) is 15.0. The summed E-state index contributed by atoms with van der Waals surface area (Å²) in [5, 5.41) is 9.72. The fourth-order valence-electron chi connectivity index (χ4n) is 3.13. The van der Waals surface area contributed by atoms with Crippen molar-refractivity contribution in [2.45, 2.75) is 43.9 Å². The molecule has 0 radical (unpaired) electrons. The number of hydrogen-bond acceptors (Lipinski definition) is 2. The zero-order valence-corrected chi connectivity index (χ0v) is 13.3. The number of halogens is 2. The monoisotopic (exact) mass is 356 g/mol. The Balaban J connectivity index is 2.03. The van der Waals surface area contributed by atoms with Crippen molar-refractivity contribution in [2.75, 3.05) is 6.61 Å². The van der Waals surface area contributed by atoms with Crippen LogP contribution in [-0.4, -0.2) is 17.7 Å². The van der Waals surface area contributed by atoms with Crippen molar-refractivity contribution < 1.29 is 19.0 Å². The summed E-state index contributed by atoms with van der Waals surface area (Å²) in [4.78, 5) is 11.9. The molecule has 0 spiro atoms. The lowest BCUT2D eigenvalue weighted by Gasteiger charge is -2.27. The predicted molar refractivity (Wildman–Crippen MR) is 80.1 cm³/mol. The molecule has 3 rings (SSSR count). The lowest BCUT2D eigenvalue weighted by Crippen LogP contribution is -2.33. The summed E-state index contributed by atoms with van der Waals surface area (Å²) in [5.41, 5.74) is -0.524. The second-order valence-electron chi connectivity index (χ2n) is 6.11. The van der Waals surface area contributed by atoms with Crippen molar-refractivity contribution in [3.8, 4) is 5.75 Å². The van der Waals surface area contributed by atoms with Crippen molar-refractivity contribution in [2.24, 2.45) is 5.92 Å². The molecule has 1 aromatic rings. The summed E-state index contributed by atoms with van der Waals surface area (Å²) in [6.45, 7) is 0.576. The van der Waals surface area contributed by atoms with Crippen molar-refractivity contribution in [1.82, 2.24) is 0 Å². The molecule has 0 atom stereocenters. The lowest BCUT2D eigenvalue weighted by atomic mass is 9.78. The fraction of sp³-hybridized carbons (Fsp3) is 0.562. The van der Waals surface area contributed by atoms with Gasteiger partial charge in [0.25, 0.3) is 0 Å². The number of aliphatic carboxylic acids is 1. The van der Waals surface area contributed by atoms with E-state index in [9.17, 15) is 14.3 Å². The van der Waals surface area contributed by atoms with E-state index in [1.54, 1.807) is 0 Å². The SMILES string of the molecule is O=C(O)C1(c2cc(F)cc(Br)c2OCC2CC2)CCCC1. The first kappa shape index (κ1) is 14.8. The molecule has 0 unspecified atom stereocenters. The summed E-state index contributed by atoms with van der Waals surface area (Å²) in [7, 11) is 0. The maximum atomic E-state index is 13.8. The van der Waals surface area contributed by atoms with E-state index in [1.165, 1.54) is 12.1 Å². The third-order valence-electron chi connectivity index (χ3n) is 4.55. The Morgan fingerprint density at radius 1 is 1.38 bits per heavy atom. The van der Waals surface area contributed by atoms with E-state index in [0.29, 0.717) is 41.2 Å². The number of carbonyl (C=O) groups is 1. The van der Waals surface area contributed by atoms with Gasteiger partial charge in [-0.2, -0.15) is 0 Å². The molecule has 0 aliphatic heterocycles. The van der Waals surface area contributed by atoms with Crippen molar-refractivity contribution in [3.63, 3.8) is 0 Å². The maximum Gasteiger partial charge on any atom is 0.314 e. The highest BCUT2D eigenvalue weighted by Gasteiger charge is 2.45. The molecule has 0 saturated heterocycles. The van der Waals surface area contributed by atoms with Gasteiger partial charge < -0.3 is 9.84 Å². The quantitative estimate of drug-likeness (QED) is 0.856. The van der Waals surface area contributed by atoms with Crippen LogP contribution in [0.4, 0.5) is 4.39 Å². The molecular weight excluding hydrogens is 339 g/mol. The van der Waals surface area contributed by atoms with E-state index in [-0.39, 0.29) is 0 Å². The number of ether oxygens (including phenoxy) is 1. The van der Waals surface area contributed by atoms with Crippen molar-refractivity contribution in [3.05, 3.63) is 28.0 Å². The molecule has 114 valence electrons. The molecule has 0 bridgehead atoms. The normalized spacial score (nSPS) is 20.5. The topological polar surface area (TPSA) is 46.5 Å². The van der Waals surface area contributed by atoms with Gasteiger partial charge in [0, 0.05) is 5.56 Å². The van der Waals surface area contributed by atoms with Gasteiger partial charge in [0.15, 0.2) is 0 Å². The molecular formula is C16H18BrFO3. The smallest absolute Gasteiger partial charge is 0.314 e. The van der Waals surface area contributed by atoms with Gasteiger partial charge >= 0.3 is 5.97 Å². The summed E-state index contributed by atoms with van der Waals surface area (Å²) in [6, 6.07) is 2.68. The summed E-state index contributed by atoms with van der Waals surface area (Å²) in [6.07, 6.45) is 5.08. The highest BCUT2D eigenvalue weighted by molar-refractivity contribution is 9.10. The Labute approximate surface area is 131 Å². The average Bonchev–Trinajstić information content (AvgIpc) is 3.11. The van der Waals surface area contributed by atoms with E-state index in [2.05, 4.69) is 15.9 Å². The fourth-order valence-corrected chi connectivity index (χ4v) is 3.67. The van der Waals surface area contributed by atoms with Gasteiger partial charge in [-0.15, -0.1) is 0 Å². The number of carboxylic acid groups (broad SMARTS) is 1. The molecule has 0 amide bonds. The molecule has 3 nitrogen and oxygen atoms in total. The minimum Gasteiger partial charge on any atom is -0.492 e. The van der Waals surface area contributed by atoms with Crippen molar-refractivity contribution >= 4 is 21.9 Å². The average molecular weight is 357 g/mol. The van der Waals surface area contributed by atoms with E-state index in [1.807, 2.05) is 0 Å². The van der Waals surface area contributed by atoms with Crippen LogP contribution in [0.3, 0.4) is 0 Å². The molecule has 1 aromatic carbocycles. The summed E-state index contributed by atoms with van der Waals surface area (Å²) < 4.78 is 20.2. The Kier molecular flexibility index (Phi) is 3.95. The standard InChI is InChI=1S/C16H18BrFO3/c17-13-8-11(18)7-12(14(13)21-9-10-3-4-10)16(15(19)20)5-1-2-6-16/h7-8,10H,1-6,9H2,(H,19,20). The van der Waals surface area contributed by atoms with Crippen LogP contribution in [0.15, 0.2) is 16.6 Å². The number of carboxylic acids is 1. The molecule has 0 heterocycles. The predicted octanol–water partition coefficient (Wildman–Crippen LogP) is 4.27. The Morgan fingerprint density at radius 2 is 2.05 bits per heavy atom. The third kappa shape index (κ3) is 2.80. The first-order valence-corrected chi connectivity index (χ1v) is 8.18. The highest BCUT2D eigenvalue weighted by Crippen LogP contribution is 2.48. The number of rotatable bonds is 5. The van der Waals surface area contributed by atoms with E-state index >= 15 is 0 Å².